The van der Waals surface area contributed by atoms with Crippen molar-refractivity contribution in [2.75, 3.05) is 13.1 Å². The Kier molecular flexibility index (Phi) is 17.3. The molecule has 0 aliphatic rings. The number of carbonyl (C=O) groups is 2. The van der Waals surface area contributed by atoms with Gasteiger partial charge in [-0.05, 0) is 0 Å². The molecule has 14 heavy (non-hydrogen) atoms. The van der Waals surface area contributed by atoms with Crippen LogP contribution in [0, 0.1) is 0 Å². The first-order valence-electron chi connectivity index (χ1n) is 3.42. The minimum Gasteiger partial charge on any atom is -0.550 e. The van der Waals surface area contributed by atoms with Crippen LogP contribution in [-0.4, -0.2) is 31.1 Å². The van der Waals surface area contributed by atoms with Crippen LogP contribution in [0.1, 0.15) is 6.42 Å². The number of hydrogen-bond acceptors (Lipinski definition) is 6. The van der Waals surface area contributed by atoms with E-state index in [-0.39, 0.29) is 72.2 Å². The summed E-state index contributed by atoms with van der Waals surface area (Å²) in [6.07, 6.45) is -0.609. The molecule has 0 radical (unpaired) electrons. The topological polar surface area (TPSA) is 118 Å². The van der Waals surface area contributed by atoms with E-state index in [1.54, 1.807) is 0 Å². The van der Waals surface area contributed by atoms with Crippen LogP contribution in [0.15, 0.2) is 0 Å². The number of carboxylic acid groups (broad SMARTS) is 2. The number of nitrogens with two attached hydrogens (primary N) is 1. The molecule has 6 nitrogen and oxygen atoms in total. The smallest absolute Gasteiger partial charge is 0.550 e. The zero-order chi connectivity index (χ0) is 9.56. The van der Waals surface area contributed by atoms with E-state index < -0.39 is 24.4 Å². The summed E-state index contributed by atoms with van der Waals surface area (Å²) in [5.74, 6) is -2.90. The summed E-state index contributed by atoms with van der Waals surface area (Å²) >= 11 is 0. The minimum atomic E-state index is -1.47. The molecular formula is C6H10N2Na2O4. The predicted octanol–water partition coefficient (Wildman–Crippen LogP) is -10.2. The van der Waals surface area contributed by atoms with Crippen molar-refractivity contribution >= 4 is 11.9 Å². The molecule has 0 fully saturated rings. The van der Waals surface area contributed by atoms with E-state index in [0.29, 0.717) is 0 Å². The Morgan fingerprint density at radius 3 is 2.07 bits per heavy atom. The third kappa shape index (κ3) is 10.9. The number of nitrogens with one attached hydrogen (secondary N) is 1. The molecule has 8 heteroatoms. The molecule has 0 spiro atoms. The maximum Gasteiger partial charge on any atom is 1.00 e. The molecule has 3 N–H and O–H groups in total. The van der Waals surface area contributed by atoms with Crippen LogP contribution >= 0.6 is 0 Å². The van der Waals surface area contributed by atoms with Gasteiger partial charge in [0.2, 0.25) is 0 Å². The van der Waals surface area contributed by atoms with Crippen LogP contribution in [0.3, 0.4) is 0 Å². The largest absolute Gasteiger partial charge is 1.00 e. The molecule has 0 aromatic carbocycles. The Morgan fingerprint density at radius 2 is 1.79 bits per heavy atom. The van der Waals surface area contributed by atoms with E-state index in [0.717, 1.165) is 0 Å². The van der Waals surface area contributed by atoms with Gasteiger partial charge >= 0.3 is 59.1 Å². The van der Waals surface area contributed by atoms with E-state index in [9.17, 15) is 19.8 Å². The molecule has 0 aromatic rings. The van der Waals surface area contributed by atoms with Gasteiger partial charge in [-0.3, -0.25) is 0 Å². The van der Waals surface area contributed by atoms with Gasteiger partial charge in [0.15, 0.2) is 0 Å². The van der Waals surface area contributed by atoms with E-state index >= 15 is 0 Å². The van der Waals surface area contributed by atoms with Gasteiger partial charge in [0.05, 0.1) is 12.0 Å². The third-order valence-electron chi connectivity index (χ3n) is 1.19. The molecular weight excluding hydrogens is 210 g/mol. The van der Waals surface area contributed by atoms with Crippen molar-refractivity contribution in [3.8, 4) is 0 Å². The second-order valence-electron chi connectivity index (χ2n) is 2.19. The van der Waals surface area contributed by atoms with Gasteiger partial charge in [-0.25, -0.2) is 0 Å². The van der Waals surface area contributed by atoms with Crippen molar-refractivity contribution in [1.29, 1.82) is 0 Å². The van der Waals surface area contributed by atoms with E-state index in [1.165, 1.54) is 0 Å². The zero-order valence-electron chi connectivity index (χ0n) is 8.41. The van der Waals surface area contributed by atoms with Gasteiger partial charge in [-0.1, -0.05) is 0 Å². The Morgan fingerprint density at radius 1 is 1.29 bits per heavy atom. The van der Waals surface area contributed by atoms with Gasteiger partial charge in [0.1, 0.15) is 0 Å². The average Bonchev–Trinajstić information content (AvgIpc) is 1.96. The first-order valence-corrected chi connectivity index (χ1v) is 3.42. The van der Waals surface area contributed by atoms with E-state index in [2.05, 4.69) is 5.32 Å². The molecule has 0 saturated carbocycles. The summed E-state index contributed by atoms with van der Waals surface area (Å²) in [4.78, 5) is 20.2. The summed E-state index contributed by atoms with van der Waals surface area (Å²) < 4.78 is 0. The summed E-state index contributed by atoms with van der Waals surface area (Å²) in [5, 5.41) is 22.6. The summed E-state index contributed by atoms with van der Waals surface area (Å²) in [5.41, 5.74) is 5.07. The molecule has 0 bridgehead atoms. The molecule has 0 heterocycles. The SMILES string of the molecule is NCCNC(CC(=O)[O-])C(=O)[O-].[Na+].[Na+]. The fourth-order valence-corrected chi connectivity index (χ4v) is 0.663. The monoisotopic (exact) mass is 220 g/mol. The van der Waals surface area contributed by atoms with Crippen LogP contribution in [0.4, 0.5) is 0 Å². The standard InChI is InChI=1S/C6H12N2O4.2Na/c7-1-2-8-4(6(11)12)3-5(9)10;;/h4,8H,1-3,7H2,(H,9,10)(H,11,12);;/q;2*+1/p-2. The maximum atomic E-state index is 10.2. The number of hydrogen-bond donors (Lipinski definition) is 2. The first-order chi connectivity index (χ1) is 5.57. The van der Waals surface area contributed by atoms with Crippen LogP contribution < -0.4 is 80.4 Å². The fraction of sp³-hybridized carbons (Fsp3) is 0.667. The summed E-state index contributed by atoms with van der Waals surface area (Å²) in [7, 11) is 0. The molecule has 1 unspecified atom stereocenters. The van der Waals surface area contributed by atoms with Crippen LogP contribution in [0.2, 0.25) is 0 Å². The number of aliphatic carboxylic acids is 2. The van der Waals surface area contributed by atoms with Gasteiger partial charge in [0.25, 0.3) is 0 Å². The summed E-state index contributed by atoms with van der Waals surface area (Å²) in [6, 6.07) is -1.22. The normalized spacial score (nSPS) is 10.6. The quantitative estimate of drug-likeness (QED) is 0.429. The maximum absolute atomic E-state index is 10.2. The van der Waals surface area contributed by atoms with Crippen molar-refractivity contribution in [3.63, 3.8) is 0 Å². The second-order valence-corrected chi connectivity index (χ2v) is 2.19. The molecule has 0 aliphatic carbocycles. The molecule has 0 rings (SSSR count). The molecule has 0 amide bonds. The average molecular weight is 220 g/mol. The van der Waals surface area contributed by atoms with Crippen molar-refractivity contribution in [3.05, 3.63) is 0 Å². The number of carbonyl (C=O) groups excluding carboxylic acids is 2. The van der Waals surface area contributed by atoms with Crippen LogP contribution in [-0.2, 0) is 9.59 Å². The van der Waals surface area contributed by atoms with Crippen LogP contribution in [0.25, 0.3) is 0 Å². The Hall–Kier alpha value is 0.860. The Labute approximate surface area is 126 Å². The number of rotatable bonds is 6. The predicted molar refractivity (Wildman–Crippen MR) is 35.5 cm³/mol. The Balaban J connectivity index is -0.000000605. The van der Waals surface area contributed by atoms with Gasteiger partial charge in [0, 0.05) is 25.5 Å². The third-order valence-corrected chi connectivity index (χ3v) is 1.19. The summed E-state index contributed by atoms with van der Waals surface area (Å²) in [6.45, 7) is 0.461. The Bertz CT molecular complexity index is 179. The van der Waals surface area contributed by atoms with E-state index in [1.807, 2.05) is 0 Å². The molecule has 0 saturated heterocycles. The zero-order valence-corrected chi connectivity index (χ0v) is 12.4. The second kappa shape index (κ2) is 11.9. The van der Waals surface area contributed by atoms with Crippen molar-refractivity contribution in [2.45, 2.75) is 12.5 Å². The van der Waals surface area contributed by atoms with Crippen LogP contribution in [0.5, 0.6) is 0 Å². The van der Waals surface area contributed by atoms with Crippen molar-refractivity contribution < 1.29 is 78.9 Å². The molecule has 0 aliphatic heterocycles. The van der Waals surface area contributed by atoms with Gasteiger partial charge < -0.3 is 30.9 Å². The van der Waals surface area contributed by atoms with Crippen molar-refractivity contribution in [1.82, 2.24) is 5.32 Å². The van der Waals surface area contributed by atoms with Gasteiger partial charge in [-0.15, -0.1) is 0 Å². The molecule has 0 aromatic heterocycles. The van der Waals surface area contributed by atoms with E-state index in [4.69, 9.17) is 5.73 Å². The molecule has 1 atom stereocenters. The van der Waals surface area contributed by atoms with Gasteiger partial charge in [-0.2, -0.15) is 0 Å². The fourth-order valence-electron chi connectivity index (χ4n) is 0.663. The minimum absolute atomic E-state index is 0. The van der Waals surface area contributed by atoms with Crippen molar-refractivity contribution in [2.24, 2.45) is 5.73 Å². The first kappa shape index (κ1) is 20.3. The molecule has 70 valence electrons. The number of carboxylic acids is 2.